The molecule has 7 nitrogen and oxygen atoms in total. The van der Waals surface area contributed by atoms with E-state index in [1.165, 1.54) is 43.9 Å². The minimum absolute atomic E-state index is 0.0681. The molecule has 0 unspecified atom stereocenters. The molecule has 8 heteroatoms. The lowest BCUT2D eigenvalue weighted by atomic mass is 10.0. The monoisotopic (exact) mass is 362 g/mol. The Morgan fingerprint density at radius 2 is 2.12 bits per heavy atom. The first-order chi connectivity index (χ1) is 12.0. The molecule has 1 aliphatic carbocycles. The van der Waals surface area contributed by atoms with Crippen molar-refractivity contribution in [3.63, 3.8) is 0 Å². The molecule has 0 aromatic carbocycles. The number of nitrogens with one attached hydrogen (secondary N) is 2. The van der Waals surface area contributed by atoms with Crippen LogP contribution in [0.1, 0.15) is 49.3 Å². The van der Waals surface area contributed by atoms with Gasteiger partial charge >= 0.3 is 0 Å². The van der Waals surface area contributed by atoms with E-state index in [1.54, 1.807) is 4.68 Å². The Morgan fingerprint density at radius 1 is 1.36 bits per heavy atom. The van der Waals surface area contributed by atoms with Crippen LogP contribution in [0.2, 0.25) is 0 Å². The van der Waals surface area contributed by atoms with Crippen LogP contribution in [0.3, 0.4) is 0 Å². The fourth-order valence-electron chi connectivity index (χ4n) is 3.35. The van der Waals surface area contributed by atoms with Crippen LogP contribution in [-0.4, -0.2) is 36.6 Å². The number of aromatic amines is 1. The molecule has 1 amide bonds. The summed E-state index contributed by atoms with van der Waals surface area (Å²) in [4.78, 5) is 16.7. The number of thioether (sulfide) groups is 1. The first-order valence-corrected chi connectivity index (χ1v) is 9.85. The van der Waals surface area contributed by atoms with Gasteiger partial charge in [-0.05, 0) is 26.2 Å². The second-order valence-electron chi connectivity index (χ2n) is 6.76. The van der Waals surface area contributed by atoms with Crippen molar-refractivity contribution < 1.29 is 4.79 Å². The van der Waals surface area contributed by atoms with Gasteiger partial charge in [0.05, 0.1) is 22.8 Å². The highest BCUT2D eigenvalue weighted by atomic mass is 32.2. The Balaban J connectivity index is 1.45. The van der Waals surface area contributed by atoms with E-state index in [2.05, 4.69) is 25.6 Å². The van der Waals surface area contributed by atoms with Crippen LogP contribution in [0.4, 0.5) is 5.69 Å². The van der Waals surface area contributed by atoms with E-state index in [0.29, 0.717) is 5.16 Å². The molecule has 0 aliphatic heterocycles. The summed E-state index contributed by atoms with van der Waals surface area (Å²) < 4.78 is 1.77. The van der Waals surface area contributed by atoms with E-state index in [1.807, 2.05) is 20.9 Å². The predicted octanol–water partition coefficient (Wildman–Crippen LogP) is 3.01. The third-order valence-electron chi connectivity index (χ3n) is 4.88. The van der Waals surface area contributed by atoms with Crippen LogP contribution in [0, 0.1) is 19.8 Å². The minimum atomic E-state index is -0.0681. The summed E-state index contributed by atoms with van der Waals surface area (Å²) >= 11 is 1.35. The molecule has 0 spiro atoms. The van der Waals surface area contributed by atoms with E-state index in [4.69, 9.17) is 0 Å². The highest BCUT2D eigenvalue weighted by Crippen LogP contribution is 2.28. The second-order valence-corrected chi connectivity index (χ2v) is 7.70. The molecule has 1 saturated carbocycles. The number of hydrogen-bond donors (Lipinski definition) is 2. The van der Waals surface area contributed by atoms with Gasteiger partial charge in [0, 0.05) is 13.5 Å². The standard InChI is InChI=1S/C17H26N6OS/c1-11-16(12(2)23(3)22-11)19-15(24)10-25-17-18-14(20-21-17)9-8-13-6-4-5-7-13/h13H,4-10H2,1-3H3,(H,19,24)(H,18,20,21). The Bertz CT molecular complexity index is 732. The third-order valence-corrected chi connectivity index (χ3v) is 5.73. The van der Waals surface area contributed by atoms with Crippen molar-refractivity contribution in [2.75, 3.05) is 11.1 Å². The number of amides is 1. The summed E-state index contributed by atoms with van der Waals surface area (Å²) in [6.07, 6.45) is 7.56. The number of nitrogens with zero attached hydrogens (tertiary/aromatic N) is 4. The number of aryl methyl sites for hydroxylation is 3. The lowest BCUT2D eigenvalue weighted by Crippen LogP contribution is -2.15. The molecular formula is C17H26N6OS. The summed E-state index contributed by atoms with van der Waals surface area (Å²) in [5.41, 5.74) is 2.56. The average molecular weight is 363 g/mol. The van der Waals surface area contributed by atoms with Gasteiger partial charge in [-0.1, -0.05) is 37.4 Å². The van der Waals surface area contributed by atoms with Crippen molar-refractivity contribution in [2.45, 2.75) is 57.5 Å². The normalized spacial score (nSPS) is 15.0. The van der Waals surface area contributed by atoms with Crippen molar-refractivity contribution in [2.24, 2.45) is 13.0 Å². The molecule has 0 bridgehead atoms. The van der Waals surface area contributed by atoms with Crippen LogP contribution in [0.15, 0.2) is 5.16 Å². The molecule has 3 rings (SSSR count). The maximum Gasteiger partial charge on any atom is 0.234 e. The molecule has 2 heterocycles. The van der Waals surface area contributed by atoms with Crippen LogP contribution in [0.5, 0.6) is 0 Å². The SMILES string of the molecule is Cc1nn(C)c(C)c1NC(=O)CSc1n[nH]c(CCC2CCCC2)n1. The highest BCUT2D eigenvalue weighted by molar-refractivity contribution is 7.99. The predicted molar refractivity (Wildman–Crippen MR) is 98.7 cm³/mol. The molecule has 1 aliphatic rings. The molecule has 1 fully saturated rings. The summed E-state index contributed by atoms with van der Waals surface area (Å²) in [6.45, 7) is 3.83. The Kier molecular flexibility index (Phi) is 5.78. The second kappa shape index (κ2) is 8.03. The van der Waals surface area contributed by atoms with Crippen LogP contribution in [-0.2, 0) is 18.3 Å². The summed E-state index contributed by atoms with van der Waals surface area (Å²) in [5.74, 6) is 1.99. The fourth-order valence-corrected chi connectivity index (χ4v) is 3.97. The molecule has 136 valence electrons. The van der Waals surface area contributed by atoms with E-state index in [0.717, 1.165) is 35.2 Å². The number of rotatable bonds is 7. The molecule has 0 atom stereocenters. The maximum absolute atomic E-state index is 12.2. The molecule has 2 aromatic heterocycles. The molecule has 0 saturated heterocycles. The Hall–Kier alpha value is -1.83. The lowest BCUT2D eigenvalue weighted by Gasteiger charge is -2.05. The average Bonchev–Trinajstić information content (AvgIpc) is 3.30. The summed E-state index contributed by atoms with van der Waals surface area (Å²) in [5, 5.41) is 15.1. The van der Waals surface area contributed by atoms with Gasteiger partial charge < -0.3 is 5.32 Å². The number of carbonyl (C=O) groups excluding carboxylic acids is 1. The summed E-state index contributed by atoms with van der Waals surface area (Å²) in [6, 6.07) is 0. The topological polar surface area (TPSA) is 88.5 Å². The maximum atomic E-state index is 12.2. The van der Waals surface area contributed by atoms with Gasteiger partial charge in [-0.3, -0.25) is 14.6 Å². The smallest absolute Gasteiger partial charge is 0.234 e. The Morgan fingerprint density at radius 3 is 2.80 bits per heavy atom. The zero-order valence-electron chi connectivity index (χ0n) is 15.1. The summed E-state index contributed by atoms with van der Waals surface area (Å²) in [7, 11) is 1.87. The van der Waals surface area contributed by atoms with Crippen LogP contribution < -0.4 is 5.32 Å². The quantitative estimate of drug-likeness (QED) is 0.739. The first kappa shape index (κ1) is 18.0. The van der Waals surface area contributed by atoms with Gasteiger partial charge in [-0.2, -0.15) is 5.10 Å². The van der Waals surface area contributed by atoms with Crippen LogP contribution >= 0.6 is 11.8 Å². The van der Waals surface area contributed by atoms with E-state index in [-0.39, 0.29) is 11.7 Å². The largest absolute Gasteiger partial charge is 0.322 e. The molecule has 0 radical (unpaired) electrons. The minimum Gasteiger partial charge on any atom is -0.322 e. The third kappa shape index (κ3) is 4.62. The molecule has 25 heavy (non-hydrogen) atoms. The van der Waals surface area contributed by atoms with E-state index in [9.17, 15) is 4.79 Å². The zero-order valence-corrected chi connectivity index (χ0v) is 15.9. The Labute approximate surface area is 152 Å². The van der Waals surface area contributed by atoms with E-state index < -0.39 is 0 Å². The van der Waals surface area contributed by atoms with Crippen molar-refractivity contribution >= 4 is 23.4 Å². The van der Waals surface area contributed by atoms with Crippen molar-refractivity contribution in [3.05, 3.63) is 17.2 Å². The molecule has 2 aromatic rings. The zero-order chi connectivity index (χ0) is 17.8. The van der Waals surface area contributed by atoms with Crippen LogP contribution in [0.25, 0.3) is 0 Å². The van der Waals surface area contributed by atoms with Gasteiger partial charge in [-0.25, -0.2) is 4.98 Å². The van der Waals surface area contributed by atoms with Crippen molar-refractivity contribution in [1.29, 1.82) is 0 Å². The number of carbonyl (C=O) groups is 1. The number of hydrogen-bond acceptors (Lipinski definition) is 5. The van der Waals surface area contributed by atoms with E-state index >= 15 is 0 Å². The number of aromatic nitrogens is 5. The van der Waals surface area contributed by atoms with Gasteiger partial charge in [0.1, 0.15) is 5.82 Å². The lowest BCUT2D eigenvalue weighted by molar-refractivity contribution is -0.113. The highest BCUT2D eigenvalue weighted by Gasteiger charge is 2.16. The van der Waals surface area contributed by atoms with Gasteiger partial charge in [0.15, 0.2) is 0 Å². The first-order valence-electron chi connectivity index (χ1n) is 8.87. The van der Waals surface area contributed by atoms with Gasteiger partial charge in [0.25, 0.3) is 0 Å². The van der Waals surface area contributed by atoms with Gasteiger partial charge in [0.2, 0.25) is 11.1 Å². The number of anilines is 1. The number of H-pyrrole nitrogens is 1. The molecule has 2 N–H and O–H groups in total. The van der Waals surface area contributed by atoms with Crippen molar-refractivity contribution in [3.8, 4) is 0 Å². The van der Waals surface area contributed by atoms with Gasteiger partial charge in [-0.15, -0.1) is 5.10 Å². The van der Waals surface area contributed by atoms with Crippen molar-refractivity contribution in [1.82, 2.24) is 25.0 Å². The molecular weight excluding hydrogens is 336 g/mol. The fraction of sp³-hybridized carbons (Fsp3) is 0.647.